The van der Waals surface area contributed by atoms with Crippen LogP contribution in [0.3, 0.4) is 0 Å². The molecule has 0 aliphatic carbocycles. The van der Waals surface area contributed by atoms with Crippen molar-refractivity contribution in [3.63, 3.8) is 0 Å². The summed E-state index contributed by atoms with van der Waals surface area (Å²) in [6.07, 6.45) is -4.52. The molecule has 0 atom stereocenters. The monoisotopic (exact) mass is 257 g/mol. The molecule has 1 heterocycles. The molecule has 0 saturated carbocycles. The van der Waals surface area contributed by atoms with Gasteiger partial charge in [0.25, 0.3) is 5.56 Å². The maximum atomic E-state index is 12.5. The number of aromatic nitrogens is 1. The fourth-order valence-electron chi connectivity index (χ4n) is 1.54. The number of H-pyrrole nitrogens is 1. The fraction of sp³-hybridized carbons (Fsp3) is 0.0909. The number of carboxylic acids is 1. The second kappa shape index (κ2) is 3.86. The molecule has 2 aromatic rings. The van der Waals surface area contributed by atoms with E-state index in [1.165, 1.54) is 0 Å². The fourth-order valence-corrected chi connectivity index (χ4v) is 1.54. The highest BCUT2D eigenvalue weighted by Gasteiger charge is 2.30. The number of nitrogens with one attached hydrogen (secondary N) is 1. The van der Waals surface area contributed by atoms with Crippen LogP contribution >= 0.6 is 0 Å². The largest absolute Gasteiger partial charge is 0.477 e. The van der Waals surface area contributed by atoms with Crippen LogP contribution in [0.1, 0.15) is 15.9 Å². The maximum absolute atomic E-state index is 12.5. The Morgan fingerprint density at radius 1 is 1.22 bits per heavy atom. The smallest absolute Gasteiger partial charge is 0.416 e. The number of rotatable bonds is 1. The molecule has 0 amide bonds. The van der Waals surface area contributed by atoms with Crippen LogP contribution in [-0.4, -0.2) is 16.1 Å². The molecule has 2 N–H and O–H groups in total. The Bertz CT molecular complexity index is 688. The Hall–Kier alpha value is -2.31. The third-order valence-electron chi connectivity index (χ3n) is 2.40. The van der Waals surface area contributed by atoms with E-state index in [0.717, 1.165) is 24.3 Å². The zero-order chi connectivity index (χ0) is 13.5. The van der Waals surface area contributed by atoms with Crippen molar-refractivity contribution in [1.82, 2.24) is 4.98 Å². The highest BCUT2D eigenvalue weighted by Crippen LogP contribution is 2.30. The van der Waals surface area contributed by atoms with Gasteiger partial charge in [0.2, 0.25) is 0 Å². The van der Waals surface area contributed by atoms with E-state index in [2.05, 4.69) is 4.98 Å². The Balaban J connectivity index is 2.73. The molecule has 94 valence electrons. The average molecular weight is 257 g/mol. The quantitative estimate of drug-likeness (QED) is 0.823. The lowest BCUT2D eigenvalue weighted by atomic mass is 10.1. The molecule has 2 rings (SSSR count). The minimum Gasteiger partial charge on any atom is -0.477 e. The summed E-state index contributed by atoms with van der Waals surface area (Å²) in [5, 5.41) is 8.73. The molecule has 0 radical (unpaired) electrons. The van der Waals surface area contributed by atoms with Gasteiger partial charge in [0.15, 0.2) is 0 Å². The van der Waals surface area contributed by atoms with Gasteiger partial charge in [0.1, 0.15) is 5.56 Å². The Kier molecular flexibility index (Phi) is 2.61. The number of carboxylic acid groups (broad SMARTS) is 1. The van der Waals surface area contributed by atoms with Gasteiger partial charge in [-0.25, -0.2) is 4.79 Å². The first-order chi connectivity index (χ1) is 8.29. The van der Waals surface area contributed by atoms with Gasteiger partial charge in [0, 0.05) is 5.52 Å². The highest BCUT2D eigenvalue weighted by molar-refractivity contribution is 5.92. The van der Waals surface area contributed by atoms with Crippen molar-refractivity contribution in [2.45, 2.75) is 6.18 Å². The number of alkyl halides is 3. The van der Waals surface area contributed by atoms with Crippen LogP contribution in [0.25, 0.3) is 10.9 Å². The maximum Gasteiger partial charge on any atom is 0.416 e. The van der Waals surface area contributed by atoms with Crippen molar-refractivity contribution in [3.8, 4) is 0 Å². The van der Waals surface area contributed by atoms with E-state index in [1.807, 2.05) is 0 Å². The third-order valence-corrected chi connectivity index (χ3v) is 2.40. The molecular weight excluding hydrogens is 251 g/mol. The summed E-state index contributed by atoms with van der Waals surface area (Å²) in [5.74, 6) is -1.49. The van der Waals surface area contributed by atoms with Crippen molar-refractivity contribution >= 4 is 16.9 Å². The molecule has 0 aliphatic rings. The number of benzene rings is 1. The van der Waals surface area contributed by atoms with Crippen LogP contribution in [0.5, 0.6) is 0 Å². The number of fused-ring (bicyclic) bond motifs is 1. The summed E-state index contributed by atoms with van der Waals surface area (Å²) in [5.41, 5.74) is -2.20. The van der Waals surface area contributed by atoms with Gasteiger partial charge in [-0.1, -0.05) is 0 Å². The molecular formula is C11H6F3NO3. The van der Waals surface area contributed by atoms with Gasteiger partial charge in [-0.2, -0.15) is 13.2 Å². The predicted molar refractivity (Wildman–Crippen MR) is 56.5 cm³/mol. The SMILES string of the molecule is O=C(O)c1cc2cc(C(F)(F)F)ccc2[nH]c1=O. The summed E-state index contributed by atoms with van der Waals surface area (Å²) in [7, 11) is 0. The van der Waals surface area contributed by atoms with Gasteiger partial charge in [-0.15, -0.1) is 0 Å². The molecule has 0 saturated heterocycles. The van der Waals surface area contributed by atoms with Crippen LogP contribution in [0, 0.1) is 0 Å². The van der Waals surface area contributed by atoms with Crippen LogP contribution in [0.15, 0.2) is 29.1 Å². The normalized spacial score (nSPS) is 11.7. The van der Waals surface area contributed by atoms with Crippen LogP contribution < -0.4 is 5.56 Å². The van der Waals surface area contributed by atoms with Crippen molar-refractivity contribution in [2.24, 2.45) is 0 Å². The van der Waals surface area contributed by atoms with Gasteiger partial charge in [-0.05, 0) is 29.7 Å². The average Bonchev–Trinajstić information content (AvgIpc) is 2.25. The van der Waals surface area contributed by atoms with E-state index in [-0.39, 0.29) is 10.9 Å². The molecule has 0 aliphatic heterocycles. The second-order valence-corrected chi connectivity index (χ2v) is 3.62. The molecule has 4 nitrogen and oxygen atoms in total. The van der Waals surface area contributed by atoms with Gasteiger partial charge in [-0.3, -0.25) is 4.79 Å². The number of halogens is 3. The molecule has 0 unspecified atom stereocenters. The highest BCUT2D eigenvalue weighted by atomic mass is 19.4. The van der Waals surface area contributed by atoms with Crippen molar-refractivity contribution < 1.29 is 23.1 Å². The van der Waals surface area contributed by atoms with E-state index in [4.69, 9.17) is 5.11 Å². The Labute approximate surface area is 97.7 Å². The van der Waals surface area contributed by atoms with Gasteiger partial charge < -0.3 is 10.1 Å². The lowest BCUT2D eigenvalue weighted by Gasteiger charge is -2.07. The molecule has 0 fully saturated rings. The van der Waals surface area contributed by atoms with Crippen LogP contribution in [0.4, 0.5) is 13.2 Å². The summed E-state index contributed by atoms with van der Waals surface area (Å²) in [6, 6.07) is 3.62. The first-order valence-corrected chi connectivity index (χ1v) is 4.76. The molecule has 18 heavy (non-hydrogen) atoms. The number of carbonyl (C=O) groups is 1. The van der Waals surface area contributed by atoms with E-state index in [0.29, 0.717) is 0 Å². The number of pyridine rings is 1. The Morgan fingerprint density at radius 3 is 2.44 bits per heavy atom. The van der Waals surface area contributed by atoms with Crippen molar-refractivity contribution in [2.75, 3.05) is 0 Å². The summed E-state index contributed by atoms with van der Waals surface area (Å²) in [4.78, 5) is 24.2. The van der Waals surface area contributed by atoms with E-state index < -0.39 is 28.8 Å². The number of aromatic amines is 1. The Morgan fingerprint density at radius 2 is 1.89 bits per heavy atom. The minimum absolute atomic E-state index is 0.0156. The lowest BCUT2D eigenvalue weighted by molar-refractivity contribution is -0.137. The minimum atomic E-state index is -4.52. The first kappa shape index (κ1) is 12.2. The molecule has 0 bridgehead atoms. The van der Waals surface area contributed by atoms with E-state index >= 15 is 0 Å². The van der Waals surface area contributed by atoms with E-state index in [1.54, 1.807) is 0 Å². The first-order valence-electron chi connectivity index (χ1n) is 4.76. The van der Waals surface area contributed by atoms with Gasteiger partial charge >= 0.3 is 12.1 Å². The molecule has 0 spiro atoms. The molecule has 1 aromatic carbocycles. The number of hydrogen-bond donors (Lipinski definition) is 2. The second-order valence-electron chi connectivity index (χ2n) is 3.62. The summed E-state index contributed by atoms with van der Waals surface area (Å²) < 4.78 is 37.4. The summed E-state index contributed by atoms with van der Waals surface area (Å²) in [6.45, 7) is 0. The number of hydrogen-bond acceptors (Lipinski definition) is 2. The van der Waals surface area contributed by atoms with Gasteiger partial charge in [0.05, 0.1) is 5.56 Å². The zero-order valence-corrected chi connectivity index (χ0v) is 8.71. The van der Waals surface area contributed by atoms with Crippen molar-refractivity contribution in [3.05, 3.63) is 45.7 Å². The topological polar surface area (TPSA) is 70.2 Å². The number of aromatic carboxylic acids is 1. The standard InChI is InChI=1S/C11H6F3NO3/c12-11(13,14)6-1-2-8-5(3-6)4-7(10(17)18)9(16)15-8/h1-4H,(H,15,16)(H,17,18). The van der Waals surface area contributed by atoms with Crippen molar-refractivity contribution in [1.29, 1.82) is 0 Å². The third kappa shape index (κ3) is 2.06. The lowest BCUT2D eigenvalue weighted by Crippen LogP contribution is -2.17. The van der Waals surface area contributed by atoms with E-state index in [9.17, 15) is 22.8 Å². The zero-order valence-electron chi connectivity index (χ0n) is 8.71. The van der Waals surface area contributed by atoms with Crippen LogP contribution in [-0.2, 0) is 6.18 Å². The van der Waals surface area contributed by atoms with Crippen LogP contribution in [0.2, 0.25) is 0 Å². The molecule has 1 aromatic heterocycles. The summed E-state index contributed by atoms with van der Waals surface area (Å²) >= 11 is 0. The predicted octanol–water partition coefficient (Wildman–Crippen LogP) is 2.25. The molecule has 7 heteroatoms.